The third-order valence-corrected chi connectivity index (χ3v) is 3.44. The van der Waals surface area contributed by atoms with Gasteiger partial charge < -0.3 is 9.84 Å². The summed E-state index contributed by atoms with van der Waals surface area (Å²) < 4.78 is 4.58. The van der Waals surface area contributed by atoms with Gasteiger partial charge in [-0.05, 0) is 31.1 Å². The number of amides is 1. The van der Waals surface area contributed by atoms with E-state index in [9.17, 15) is 4.79 Å². The molecule has 2 aliphatic carbocycles. The Morgan fingerprint density at radius 1 is 1.47 bits per heavy atom. The first-order valence-corrected chi connectivity index (χ1v) is 5.36. The summed E-state index contributed by atoms with van der Waals surface area (Å²) in [7, 11) is 0. The zero-order valence-corrected chi connectivity index (χ0v) is 8.35. The predicted molar refractivity (Wildman–Crippen MR) is 50.5 cm³/mol. The summed E-state index contributed by atoms with van der Waals surface area (Å²) in [6.07, 6.45) is 4.76. The Balaban J connectivity index is 1.49. The van der Waals surface area contributed by atoms with Crippen molar-refractivity contribution in [3.8, 4) is 0 Å². The molecule has 80 valence electrons. The van der Waals surface area contributed by atoms with E-state index in [-0.39, 0.29) is 11.8 Å². The molecule has 1 N–H and O–H groups in total. The maximum absolute atomic E-state index is 11.7. The van der Waals surface area contributed by atoms with Gasteiger partial charge in [-0.15, -0.1) is 0 Å². The maximum Gasteiger partial charge on any atom is 0.223 e. The van der Waals surface area contributed by atoms with Crippen molar-refractivity contribution in [2.24, 2.45) is 17.8 Å². The van der Waals surface area contributed by atoms with Gasteiger partial charge in [0.1, 0.15) is 0 Å². The molecule has 2 saturated carbocycles. The minimum atomic E-state index is 0.145. The number of rotatable bonds is 3. The number of aromatic nitrogens is 2. The second kappa shape index (κ2) is 3.32. The summed E-state index contributed by atoms with van der Waals surface area (Å²) in [5.74, 6) is 2.58. The van der Waals surface area contributed by atoms with Gasteiger partial charge in [0.25, 0.3) is 0 Å². The first-order valence-electron chi connectivity index (χ1n) is 5.36. The molecule has 1 amide bonds. The molecule has 5 nitrogen and oxygen atoms in total. The van der Waals surface area contributed by atoms with Gasteiger partial charge in [-0.2, -0.15) is 4.98 Å². The van der Waals surface area contributed by atoms with Crippen molar-refractivity contribution in [2.75, 3.05) is 0 Å². The van der Waals surface area contributed by atoms with Crippen LogP contribution in [0.5, 0.6) is 0 Å². The van der Waals surface area contributed by atoms with Crippen molar-refractivity contribution in [2.45, 2.75) is 25.8 Å². The molecule has 15 heavy (non-hydrogen) atoms. The second-order valence-corrected chi connectivity index (χ2v) is 4.49. The van der Waals surface area contributed by atoms with Gasteiger partial charge in [-0.1, -0.05) is 5.16 Å². The Hall–Kier alpha value is -1.39. The molecule has 0 saturated heterocycles. The Morgan fingerprint density at radius 3 is 2.93 bits per heavy atom. The highest BCUT2D eigenvalue weighted by Crippen LogP contribution is 2.54. The van der Waals surface area contributed by atoms with Gasteiger partial charge in [-0.3, -0.25) is 4.79 Å². The lowest BCUT2D eigenvalue weighted by molar-refractivity contribution is -0.125. The van der Waals surface area contributed by atoms with E-state index in [2.05, 4.69) is 20.0 Å². The van der Waals surface area contributed by atoms with Crippen molar-refractivity contribution in [3.05, 3.63) is 12.2 Å². The van der Waals surface area contributed by atoms with Crippen LogP contribution in [0, 0.1) is 17.8 Å². The van der Waals surface area contributed by atoms with Crippen molar-refractivity contribution >= 4 is 5.91 Å². The van der Waals surface area contributed by atoms with Gasteiger partial charge in [0, 0.05) is 5.92 Å². The van der Waals surface area contributed by atoms with Crippen molar-refractivity contribution in [1.82, 2.24) is 15.5 Å². The van der Waals surface area contributed by atoms with Gasteiger partial charge in [0.15, 0.2) is 5.82 Å². The third-order valence-electron chi connectivity index (χ3n) is 3.44. The van der Waals surface area contributed by atoms with E-state index in [0.29, 0.717) is 12.4 Å². The zero-order chi connectivity index (χ0) is 10.3. The summed E-state index contributed by atoms with van der Waals surface area (Å²) in [6, 6.07) is 0. The fourth-order valence-electron chi connectivity index (χ4n) is 2.51. The predicted octanol–water partition coefficient (Wildman–Crippen LogP) is 0.732. The molecule has 3 rings (SSSR count). The monoisotopic (exact) mass is 207 g/mol. The number of nitrogens with zero attached hydrogens (tertiary/aromatic N) is 2. The molecular formula is C10H13N3O2. The molecular weight excluding hydrogens is 194 g/mol. The second-order valence-electron chi connectivity index (χ2n) is 4.49. The normalized spacial score (nSPS) is 32.4. The minimum absolute atomic E-state index is 0.145. The lowest BCUT2D eigenvalue weighted by Crippen LogP contribution is -2.29. The van der Waals surface area contributed by atoms with E-state index in [1.807, 2.05) is 0 Å². The van der Waals surface area contributed by atoms with Gasteiger partial charge >= 0.3 is 0 Å². The van der Waals surface area contributed by atoms with E-state index < -0.39 is 0 Å². The summed E-state index contributed by atoms with van der Waals surface area (Å²) >= 11 is 0. The Bertz CT molecular complexity index is 353. The summed E-state index contributed by atoms with van der Waals surface area (Å²) in [5, 5.41) is 6.48. The van der Waals surface area contributed by atoms with E-state index in [1.54, 1.807) is 0 Å². The Kier molecular flexibility index (Phi) is 1.97. The highest BCUT2D eigenvalue weighted by Gasteiger charge is 2.47. The van der Waals surface area contributed by atoms with Crippen LogP contribution >= 0.6 is 0 Å². The van der Waals surface area contributed by atoms with Crippen LogP contribution in [-0.4, -0.2) is 16.0 Å². The Labute approximate surface area is 87.2 Å². The highest BCUT2D eigenvalue weighted by atomic mass is 16.5. The van der Waals surface area contributed by atoms with Crippen molar-refractivity contribution < 1.29 is 9.32 Å². The molecule has 2 atom stereocenters. The zero-order valence-electron chi connectivity index (χ0n) is 8.35. The number of fused-ring (bicyclic) bond motifs is 1. The van der Waals surface area contributed by atoms with E-state index in [4.69, 9.17) is 0 Å². The van der Waals surface area contributed by atoms with Gasteiger partial charge in [0.2, 0.25) is 12.3 Å². The molecule has 2 fully saturated rings. The number of carbonyl (C=O) groups excluding carboxylic acids is 1. The first-order chi connectivity index (χ1) is 7.33. The highest BCUT2D eigenvalue weighted by molar-refractivity contribution is 5.79. The quantitative estimate of drug-likeness (QED) is 0.793. The van der Waals surface area contributed by atoms with Gasteiger partial charge in [0.05, 0.1) is 6.54 Å². The number of nitrogens with one attached hydrogen (secondary N) is 1. The summed E-state index contributed by atoms with van der Waals surface area (Å²) in [6.45, 7) is 0.376. The van der Waals surface area contributed by atoms with Crippen molar-refractivity contribution in [3.63, 3.8) is 0 Å². The summed E-state index contributed by atoms with van der Waals surface area (Å²) in [4.78, 5) is 15.6. The largest absolute Gasteiger partial charge is 0.348 e. The first kappa shape index (κ1) is 8.88. The topological polar surface area (TPSA) is 68.0 Å². The van der Waals surface area contributed by atoms with Crippen molar-refractivity contribution in [1.29, 1.82) is 0 Å². The van der Waals surface area contributed by atoms with Crippen LogP contribution in [0.4, 0.5) is 0 Å². The fourth-order valence-corrected chi connectivity index (χ4v) is 2.51. The molecule has 2 unspecified atom stereocenters. The van der Waals surface area contributed by atoms with Crippen LogP contribution in [0.3, 0.4) is 0 Å². The molecule has 0 aliphatic heterocycles. The fraction of sp³-hybridized carbons (Fsp3) is 0.700. The smallest absolute Gasteiger partial charge is 0.223 e. The third kappa shape index (κ3) is 1.73. The molecule has 5 heteroatoms. The van der Waals surface area contributed by atoms with Crippen LogP contribution in [0.25, 0.3) is 0 Å². The van der Waals surface area contributed by atoms with Gasteiger partial charge in [-0.25, -0.2) is 0 Å². The number of carbonyl (C=O) groups is 1. The molecule has 0 bridgehead atoms. The minimum Gasteiger partial charge on any atom is -0.348 e. The van der Waals surface area contributed by atoms with Crippen LogP contribution in [0.2, 0.25) is 0 Å². The van der Waals surface area contributed by atoms with Crippen LogP contribution in [0.1, 0.15) is 25.1 Å². The van der Waals surface area contributed by atoms with E-state index in [1.165, 1.54) is 12.8 Å². The van der Waals surface area contributed by atoms with Crippen LogP contribution in [0.15, 0.2) is 10.9 Å². The SMILES string of the molecule is O=C(NCc1ncon1)C1CC2CC2C1. The molecule has 1 heterocycles. The van der Waals surface area contributed by atoms with E-state index in [0.717, 1.165) is 24.7 Å². The van der Waals surface area contributed by atoms with E-state index >= 15 is 0 Å². The molecule has 2 aliphatic rings. The molecule has 0 aromatic carbocycles. The molecule has 1 aromatic heterocycles. The standard InChI is InChI=1S/C10H13N3O2/c14-10(8-2-6-1-7(6)3-8)11-4-9-12-5-15-13-9/h5-8H,1-4H2,(H,11,14). The summed E-state index contributed by atoms with van der Waals surface area (Å²) in [5.41, 5.74) is 0. The number of hydrogen-bond acceptors (Lipinski definition) is 4. The van der Waals surface area contributed by atoms with Crippen LogP contribution < -0.4 is 5.32 Å². The maximum atomic E-state index is 11.7. The lowest BCUT2D eigenvalue weighted by atomic mass is 10.0. The molecule has 0 spiro atoms. The Morgan fingerprint density at radius 2 is 2.27 bits per heavy atom. The lowest BCUT2D eigenvalue weighted by Gasteiger charge is -2.10. The van der Waals surface area contributed by atoms with Crippen LogP contribution in [-0.2, 0) is 11.3 Å². The molecule has 1 aromatic rings. The number of hydrogen-bond donors (Lipinski definition) is 1. The average Bonchev–Trinajstić information content (AvgIpc) is 2.75. The molecule has 0 radical (unpaired) electrons. The average molecular weight is 207 g/mol.